The summed E-state index contributed by atoms with van der Waals surface area (Å²) in [5, 5.41) is 8.89. The van der Waals surface area contributed by atoms with Gasteiger partial charge in [0.15, 0.2) is 11.5 Å². The van der Waals surface area contributed by atoms with Crippen LogP contribution in [0.4, 0.5) is 22.0 Å². The van der Waals surface area contributed by atoms with Crippen molar-refractivity contribution in [2.24, 2.45) is 0 Å². The Morgan fingerprint density at radius 2 is 2.00 bits per heavy atom. The zero-order valence-corrected chi connectivity index (χ0v) is 11.6. The average Bonchev–Trinajstić information content (AvgIpc) is 2.39. The number of nitriles is 1. The molecule has 0 radical (unpaired) electrons. The molecule has 0 heterocycles. The van der Waals surface area contributed by atoms with Gasteiger partial charge < -0.3 is 14.2 Å². The lowest BCUT2D eigenvalue weighted by atomic mass is 10.1. The molecule has 1 rings (SSSR count). The van der Waals surface area contributed by atoms with Crippen LogP contribution in [0.3, 0.4) is 0 Å². The number of esters is 1. The van der Waals surface area contributed by atoms with E-state index in [0.29, 0.717) is 6.07 Å². The van der Waals surface area contributed by atoms with Gasteiger partial charge in [-0.3, -0.25) is 4.79 Å². The molecule has 0 atom stereocenters. The summed E-state index contributed by atoms with van der Waals surface area (Å²) in [7, 11) is 0. The molecule has 0 aromatic heterocycles. The number of alkyl halides is 5. The predicted molar refractivity (Wildman–Crippen MR) is 64.8 cm³/mol. The first-order valence-electron chi connectivity index (χ1n) is 6.09. The Bertz CT molecular complexity index is 610. The molecule has 0 N–H and O–H groups in total. The van der Waals surface area contributed by atoms with Crippen LogP contribution in [-0.4, -0.2) is 25.6 Å². The Kier molecular flexibility index (Phi) is 6.12. The highest BCUT2D eigenvalue weighted by molar-refractivity contribution is 5.73. The number of hydrogen-bond donors (Lipinski definition) is 0. The SMILES string of the molecule is CCOC(=O)Cc1cc(C#N)c(OC(F)F)c(OC(F)(F)F)c1. The van der Waals surface area contributed by atoms with Crippen molar-refractivity contribution >= 4 is 5.97 Å². The van der Waals surface area contributed by atoms with Gasteiger partial charge in [0.1, 0.15) is 6.07 Å². The molecule has 1 aromatic rings. The maximum atomic E-state index is 12.4. The third-order valence-electron chi connectivity index (χ3n) is 2.32. The lowest BCUT2D eigenvalue weighted by Crippen LogP contribution is -2.19. The first-order valence-corrected chi connectivity index (χ1v) is 6.09. The van der Waals surface area contributed by atoms with Crippen LogP contribution in [0.2, 0.25) is 0 Å². The van der Waals surface area contributed by atoms with Crippen LogP contribution in [0.1, 0.15) is 18.1 Å². The Labute approximate surface area is 127 Å². The average molecular weight is 339 g/mol. The molecule has 0 saturated heterocycles. The Morgan fingerprint density at radius 3 is 2.48 bits per heavy atom. The van der Waals surface area contributed by atoms with Crippen molar-refractivity contribution in [3.8, 4) is 17.6 Å². The summed E-state index contributed by atoms with van der Waals surface area (Å²) >= 11 is 0. The summed E-state index contributed by atoms with van der Waals surface area (Å²) < 4.78 is 73.9. The third-order valence-corrected chi connectivity index (χ3v) is 2.32. The van der Waals surface area contributed by atoms with E-state index >= 15 is 0 Å². The van der Waals surface area contributed by atoms with E-state index in [-0.39, 0.29) is 12.2 Å². The summed E-state index contributed by atoms with van der Waals surface area (Å²) in [6.45, 7) is -1.90. The Hall–Kier alpha value is -2.57. The Morgan fingerprint density at radius 1 is 1.35 bits per heavy atom. The molecule has 5 nitrogen and oxygen atoms in total. The monoisotopic (exact) mass is 339 g/mol. The van der Waals surface area contributed by atoms with Crippen molar-refractivity contribution in [3.63, 3.8) is 0 Å². The van der Waals surface area contributed by atoms with Crippen molar-refractivity contribution in [1.82, 2.24) is 0 Å². The van der Waals surface area contributed by atoms with Gasteiger partial charge in [-0.15, -0.1) is 13.2 Å². The van der Waals surface area contributed by atoms with E-state index in [1.807, 2.05) is 0 Å². The zero-order chi connectivity index (χ0) is 17.6. The first-order chi connectivity index (χ1) is 10.7. The molecular weight excluding hydrogens is 329 g/mol. The summed E-state index contributed by atoms with van der Waals surface area (Å²) in [5.74, 6) is -2.97. The largest absolute Gasteiger partial charge is 0.573 e. The van der Waals surface area contributed by atoms with Crippen LogP contribution in [0, 0.1) is 11.3 Å². The predicted octanol–water partition coefficient (Wildman–Crippen LogP) is 3.16. The van der Waals surface area contributed by atoms with Crippen LogP contribution in [-0.2, 0) is 16.0 Å². The van der Waals surface area contributed by atoms with Crippen molar-refractivity contribution in [2.45, 2.75) is 26.3 Å². The van der Waals surface area contributed by atoms with Gasteiger partial charge in [-0.2, -0.15) is 14.0 Å². The zero-order valence-electron chi connectivity index (χ0n) is 11.6. The number of ether oxygens (including phenoxy) is 3. The van der Waals surface area contributed by atoms with Crippen LogP contribution < -0.4 is 9.47 Å². The molecule has 10 heteroatoms. The molecule has 126 valence electrons. The summed E-state index contributed by atoms with van der Waals surface area (Å²) in [6, 6.07) is 3.04. The minimum absolute atomic E-state index is 0.0441. The molecule has 0 spiro atoms. The van der Waals surface area contributed by atoms with Crippen molar-refractivity contribution in [2.75, 3.05) is 6.61 Å². The van der Waals surface area contributed by atoms with Crippen molar-refractivity contribution in [3.05, 3.63) is 23.3 Å². The first kappa shape index (κ1) is 18.5. The fourth-order valence-electron chi connectivity index (χ4n) is 1.63. The highest BCUT2D eigenvalue weighted by Gasteiger charge is 2.34. The maximum Gasteiger partial charge on any atom is 0.573 e. The van der Waals surface area contributed by atoms with Crippen LogP contribution in [0.15, 0.2) is 12.1 Å². The second-order valence-corrected chi connectivity index (χ2v) is 3.99. The van der Waals surface area contributed by atoms with E-state index < -0.39 is 42.4 Å². The smallest absolute Gasteiger partial charge is 0.466 e. The molecule has 0 amide bonds. The third kappa shape index (κ3) is 5.98. The van der Waals surface area contributed by atoms with E-state index in [1.165, 1.54) is 13.0 Å². The summed E-state index contributed by atoms with van der Waals surface area (Å²) in [6.07, 6.45) is -5.67. The van der Waals surface area contributed by atoms with Gasteiger partial charge in [0, 0.05) is 0 Å². The van der Waals surface area contributed by atoms with Gasteiger partial charge >= 0.3 is 18.9 Å². The standard InChI is InChI=1S/C13H10F5NO4/c1-2-21-10(20)5-7-3-8(6-19)11(22-12(14)15)9(4-7)23-13(16,17)18/h3-4,12H,2,5H2,1H3. The molecule has 0 unspecified atom stereocenters. The molecule has 0 aliphatic heterocycles. The lowest BCUT2D eigenvalue weighted by Gasteiger charge is -2.16. The topological polar surface area (TPSA) is 68.6 Å². The van der Waals surface area contributed by atoms with Crippen molar-refractivity contribution in [1.29, 1.82) is 5.26 Å². The maximum absolute atomic E-state index is 12.4. The molecule has 0 aliphatic carbocycles. The fraction of sp³-hybridized carbons (Fsp3) is 0.385. The minimum Gasteiger partial charge on any atom is -0.466 e. The number of hydrogen-bond acceptors (Lipinski definition) is 5. The van der Waals surface area contributed by atoms with E-state index in [1.54, 1.807) is 0 Å². The summed E-state index contributed by atoms with van der Waals surface area (Å²) in [4.78, 5) is 11.4. The molecule has 1 aromatic carbocycles. The van der Waals surface area contributed by atoms with Crippen LogP contribution in [0.5, 0.6) is 11.5 Å². The second kappa shape index (κ2) is 7.62. The van der Waals surface area contributed by atoms with E-state index in [9.17, 15) is 26.7 Å². The van der Waals surface area contributed by atoms with E-state index in [4.69, 9.17) is 5.26 Å². The molecular formula is C13H10F5NO4. The number of halogens is 5. The van der Waals surface area contributed by atoms with Crippen LogP contribution in [0.25, 0.3) is 0 Å². The Balaban J connectivity index is 3.29. The van der Waals surface area contributed by atoms with Gasteiger partial charge in [0.2, 0.25) is 0 Å². The van der Waals surface area contributed by atoms with E-state index in [0.717, 1.165) is 6.07 Å². The number of nitrogens with zero attached hydrogens (tertiary/aromatic N) is 1. The number of carbonyl (C=O) groups is 1. The van der Waals surface area contributed by atoms with E-state index in [2.05, 4.69) is 14.2 Å². The highest BCUT2D eigenvalue weighted by atomic mass is 19.4. The molecule has 0 bridgehead atoms. The minimum atomic E-state index is -5.20. The number of carbonyl (C=O) groups excluding carboxylic acids is 1. The quantitative estimate of drug-likeness (QED) is 0.588. The van der Waals surface area contributed by atoms with Gasteiger partial charge in [0.05, 0.1) is 18.6 Å². The van der Waals surface area contributed by atoms with Gasteiger partial charge in [-0.1, -0.05) is 0 Å². The molecule has 0 saturated carbocycles. The lowest BCUT2D eigenvalue weighted by molar-refractivity contribution is -0.275. The second-order valence-electron chi connectivity index (χ2n) is 3.99. The molecule has 23 heavy (non-hydrogen) atoms. The number of rotatable bonds is 6. The van der Waals surface area contributed by atoms with Crippen molar-refractivity contribution < 1.29 is 41.0 Å². The normalized spacial score (nSPS) is 11.0. The van der Waals surface area contributed by atoms with Crippen LogP contribution >= 0.6 is 0 Å². The highest BCUT2D eigenvalue weighted by Crippen LogP contribution is 2.37. The molecule has 0 aliphatic rings. The molecule has 0 fully saturated rings. The van der Waals surface area contributed by atoms with Gasteiger partial charge in [-0.25, -0.2) is 0 Å². The summed E-state index contributed by atoms with van der Waals surface area (Å²) in [5.41, 5.74) is -0.716. The fourth-order valence-corrected chi connectivity index (χ4v) is 1.63. The van der Waals surface area contributed by atoms with Gasteiger partial charge in [0.25, 0.3) is 0 Å². The van der Waals surface area contributed by atoms with Gasteiger partial charge in [-0.05, 0) is 24.6 Å². The number of benzene rings is 1.